The smallest absolute Gasteiger partial charge is 0.391 e. The van der Waals surface area contributed by atoms with E-state index in [0.717, 1.165) is 12.3 Å². The zero-order valence-electron chi connectivity index (χ0n) is 15.2. The zero-order valence-corrected chi connectivity index (χ0v) is 16.1. The molecular formula is C18H18F3N5O2S. The topological polar surface area (TPSA) is 117 Å². The lowest BCUT2D eigenvalue weighted by molar-refractivity contribution is -0.137. The van der Waals surface area contributed by atoms with Gasteiger partial charge in [-0.25, -0.2) is 4.98 Å². The van der Waals surface area contributed by atoms with Crippen LogP contribution in [0.25, 0.3) is 11.4 Å². The van der Waals surface area contributed by atoms with Crippen molar-refractivity contribution in [2.75, 3.05) is 6.54 Å². The second kappa shape index (κ2) is 8.31. The molecule has 154 valence electrons. The van der Waals surface area contributed by atoms with Gasteiger partial charge >= 0.3 is 6.18 Å². The summed E-state index contributed by atoms with van der Waals surface area (Å²) in [5.74, 6) is -0.433. The number of rotatable bonds is 6. The molecule has 3 aromatic heterocycles. The molecule has 7 nitrogen and oxygen atoms in total. The van der Waals surface area contributed by atoms with Crippen LogP contribution in [0.1, 0.15) is 37.5 Å². The van der Waals surface area contributed by atoms with Gasteiger partial charge in [-0.05, 0) is 30.7 Å². The molecule has 5 N–H and O–H groups in total. The Labute approximate surface area is 167 Å². The highest BCUT2D eigenvalue weighted by molar-refractivity contribution is 7.11. The van der Waals surface area contributed by atoms with E-state index in [1.165, 1.54) is 23.6 Å². The SMILES string of the molecule is Cc1cc(-c2ccc(C(F)(F)F)cn2)[nH]c1C(=O)N[C@H](CN)c1ncc(CO)s1. The van der Waals surface area contributed by atoms with Gasteiger partial charge in [0.15, 0.2) is 0 Å². The second-order valence-electron chi connectivity index (χ2n) is 6.26. The number of halogens is 3. The lowest BCUT2D eigenvalue weighted by Crippen LogP contribution is -2.33. The number of aryl methyl sites for hydroxylation is 1. The monoisotopic (exact) mass is 425 g/mol. The lowest BCUT2D eigenvalue weighted by Gasteiger charge is -2.14. The number of nitrogens with one attached hydrogen (secondary N) is 2. The van der Waals surface area contributed by atoms with Gasteiger partial charge in [-0.2, -0.15) is 13.2 Å². The molecule has 0 saturated heterocycles. The third-order valence-electron chi connectivity index (χ3n) is 4.18. The minimum Gasteiger partial charge on any atom is -0.391 e. The van der Waals surface area contributed by atoms with E-state index in [0.29, 0.717) is 21.1 Å². The van der Waals surface area contributed by atoms with Crippen LogP contribution in [0.3, 0.4) is 0 Å². The molecule has 0 spiro atoms. The minimum atomic E-state index is -4.47. The number of nitrogens with zero attached hydrogens (tertiary/aromatic N) is 2. The molecule has 0 aromatic carbocycles. The highest BCUT2D eigenvalue weighted by atomic mass is 32.1. The Hall–Kier alpha value is -2.76. The third kappa shape index (κ3) is 4.63. The molecule has 3 rings (SSSR count). The van der Waals surface area contributed by atoms with Crippen LogP contribution in [0, 0.1) is 6.92 Å². The Bertz CT molecular complexity index is 998. The highest BCUT2D eigenvalue weighted by Gasteiger charge is 2.30. The summed E-state index contributed by atoms with van der Waals surface area (Å²) in [5.41, 5.74) is 6.45. The number of aliphatic hydroxyl groups is 1. The van der Waals surface area contributed by atoms with Crippen molar-refractivity contribution in [3.8, 4) is 11.4 Å². The fraction of sp³-hybridized carbons (Fsp3) is 0.278. The number of pyridine rings is 1. The van der Waals surface area contributed by atoms with Gasteiger partial charge in [-0.3, -0.25) is 9.78 Å². The molecule has 1 atom stereocenters. The summed E-state index contributed by atoms with van der Waals surface area (Å²) in [6, 6.07) is 3.27. The maximum atomic E-state index is 12.7. The number of H-pyrrole nitrogens is 1. The Morgan fingerprint density at radius 3 is 2.66 bits per heavy atom. The molecule has 3 aromatic rings. The highest BCUT2D eigenvalue weighted by Crippen LogP contribution is 2.30. The van der Waals surface area contributed by atoms with E-state index in [1.54, 1.807) is 13.0 Å². The average Bonchev–Trinajstić information content (AvgIpc) is 3.32. The Kier molecular flexibility index (Phi) is 6.01. The minimum absolute atomic E-state index is 0.108. The van der Waals surface area contributed by atoms with Crippen LogP contribution in [-0.4, -0.2) is 32.5 Å². The zero-order chi connectivity index (χ0) is 21.2. The van der Waals surface area contributed by atoms with Crippen molar-refractivity contribution in [3.05, 3.63) is 57.3 Å². The van der Waals surface area contributed by atoms with Crippen LogP contribution in [0.4, 0.5) is 13.2 Å². The van der Waals surface area contributed by atoms with Crippen LogP contribution in [0.5, 0.6) is 0 Å². The van der Waals surface area contributed by atoms with Crippen LogP contribution in [0.15, 0.2) is 30.6 Å². The first-order valence-electron chi connectivity index (χ1n) is 8.52. The molecule has 0 aliphatic rings. The van der Waals surface area contributed by atoms with Crippen molar-refractivity contribution in [2.24, 2.45) is 5.73 Å². The van der Waals surface area contributed by atoms with Gasteiger partial charge in [-0.15, -0.1) is 11.3 Å². The average molecular weight is 425 g/mol. The Balaban J connectivity index is 1.79. The first-order chi connectivity index (χ1) is 13.7. The molecule has 0 unspecified atom stereocenters. The summed E-state index contributed by atoms with van der Waals surface area (Å²) in [5, 5.41) is 12.5. The van der Waals surface area contributed by atoms with Crippen LogP contribution in [0.2, 0.25) is 0 Å². The first-order valence-corrected chi connectivity index (χ1v) is 9.34. The molecule has 0 saturated carbocycles. The lowest BCUT2D eigenvalue weighted by atomic mass is 10.2. The van der Waals surface area contributed by atoms with Crippen molar-refractivity contribution in [2.45, 2.75) is 25.7 Å². The molecule has 0 fully saturated rings. The number of aromatic amines is 1. The first kappa shape index (κ1) is 21.0. The summed E-state index contributed by atoms with van der Waals surface area (Å²) < 4.78 is 38.1. The number of hydrogen-bond acceptors (Lipinski definition) is 6. The summed E-state index contributed by atoms with van der Waals surface area (Å²) in [7, 11) is 0. The van der Waals surface area contributed by atoms with Crippen LogP contribution in [-0.2, 0) is 12.8 Å². The quantitative estimate of drug-likeness (QED) is 0.485. The van der Waals surface area contributed by atoms with Gasteiger partial charge in [0, 0.05) is 18.9 Å². The molecule has 0 bridgehead atoms. The van der Waals surface area contributed by atoms with Crippen LogP contribution >= 0.6 is 11.3 Å². The van der Waals surface area contributed by atoms with Gasteiger partial charge < -0.3 is 21.1 Å². The number of thiazole rings is 1. The Morgan fingerprint density at radius 2 is 2.10 bits per heavy atom. The third-order valence-corrected chi connectivity index (χ3v) is 5.27. The fourth-order valence-corrected chi connectivity index (χ4v) is 3.50. The maximum absolute atomic E-state index is 12.7. The Morgan fingerprint density at radius 1 is 1.34 bits per heavy atom. The fourth-order valence-electron chi connectivity index (χ4n) is 2.66. The standard InChI is InChI=1S/C18H18F3N5O2S/c1-9-4-13(12-3-2-10(6-23-12)18(19,20)21)25-15(9)16(28)26-14(5-22)17-24-7-11(8-27)29-17/h2-4,6-7,14,25,27H,5,8,22H2,1H3,(H,26,28)/t14-/m1/s1. The summed E-state index contributed by atoms with van der Waals surface area (Å²) in [4.78, 5) is 24.2. The van der Waals surface area contributed by atoms with Gasteiger partial charge in [-0.1, -0.05) is 0 Å². The maximum Gasteiger partial charge on any atom is 0.417 e. The van der Waals surface area contributed by atoms with Gasteiger partial charge in [0.2, 0.25) is 0 Å². The molecule has 0 aliphatic carbocycles. The van der Waals surface area contributed by atoms with E-state index in [4.69, 9.17) is 10.8 Å². The molecule has 29 heavy (non-hydrogen) atoms. The summed E-state index contributed by atoms with van der Waals surface area (Å²) in [6.07, 6.45) is -2.20. The normalized spacial score (nSPS) is 12.8. The number of aromatic nitrogens is 3. The molecule has 3 heterocycles. The number of carbonyl (C=O) groups excluding carboxylic acids is 1. The molecule has 11 heteroatoms. The van der Waals surface area contributed by atoms with Gasteiger partial charge in [0.25, 0.3) is 5.91 Å². The summed E-state index contributed by atoms with van der Waals surface area (Å²) >= 11 is 1.24. The van der Waals surface area contributed by atoms with Crippen molar-refractivity contribution >= 4 is 17.2 Å². The van der Waals surface area contributed by atoms with E-state index in [2.05, 4.69) is 20.3 Å². The number of nitrogens with two attached hydrogens (primary N) is 1. The van der Waals surface area contributed by atoms with E-state index in [9.17, 15) is 18.0 Å². The molecule has 1 amide bonds. The number of alkyl halides is 3. The number of aliphatic hydroxyl groups excluding tert-OH is 1. The molecular weight excluding hydrogens is 407 g/mol. The van der Waals surface area contributed by atoms with Gasteiger partial charge in [0.1, 0.15) is 10.7 Å². The van der Waals surface area contributed by atoms with E-state index >= 15 is 0 Å². The molecule has 0 aliphatic heterocycles. The predicted octanol–water partition coefficient (Wildman–Crippen LogP) is 2.78. The predicted molar refractivity (Wildman–Crippen MR) is 101 cm³/mol. The number of hydrogen-bond donors (Lipinski definition) is 4. The number of amides is 1. The van der Waals surface area contributed by atoms with Crippen molar-refractivity contribution < 1.29 is 23.1 Å². The van der Waals surface area contributed by atoms with E-state index in [1.807, 2.05) is 0 Å². The van der Waals surface area contributed by atoms with Crippen molar-refractivity contribution in [3.63, 3.8) is 0 Å². The van der Waals surface area contributed by atoms with E-state index < -0.39 is 23.7 Å². The number of carbonyl (C=O) groups is 1. The van der Waals surface area contributed by atoms with Crippen LogP contribution < -0.4 is 11.1 Å². The summed E-state index contributed by atoms with van der Waals surface area (Å²) in [6.45, 7) is 1.66. The van der Waals surface area contributed by atoms with E-state index in [-0.39, 0.29) is 24.5 Å². The van der Waals surface area contributed by atoms with Crippen molar-refractivity contribution in [1.82, 2.24) is 20.3 Å². The molecule has 0 radical (unpaired) electrons. The largest absolute Gasteiger partial charge is 0.417 e. The second-order valence-corrected chi connectivity index (χ2v) is 7.40. The van der Waals surface area contributed by atoms with Crippen molar-refractivity contribution in [1.29, 1.82) is 0 Å². The van der Waals surface area contributed by atoms with Gasteiger partial charge in [0.05, 0.1) is 34.5 Å².